The maximum absolute atomic E-state index is 5.70. The lowest BCUT2D eigenvalue weighted by Gasteiger charge is -2.24. The van der Waals surface area contributed by atoms with Gasteiger partial charge in [0, 0.05) is 33.8 Å². The first kappa shape index (κ1) is 23.9. The minimum Gasteiger partial charge on any atom is -0.379 e. The van der Waals surface area contributed by atoms with Gasteiger partial charge in [-0.1, -0.05) is 13.8 Å². The Bertz CT molecular complexity index is 318. The van der Waals surface area contributed by atoms with Crippen molar-refractivity contribution >= 4 is 29.9 Å². The van der Waals surface area contributed by atoms with Crippen LogP contribution in [0.3, 0.4) is 0 Å². The summed E-state index contributed by atoms with van der Waals surface area (Å²) in [6.07, 6.45) is 6.33. The van der Waals surface area contributed by atoms with E-state index in [0.717, 1.165) is 44.6 Å². The molecule has 0 saturated heterocycles. The van der Waals surface area contributed by atoms with Gasteiger partial charge in [-0.05, 0) is 57.7 Å². The molecule has 5 nitrogen and oxygen atoms in total. The molecule has 0 unspecified atom stereocenters. The van der Waals surface area contributed by atoms with E-state index in [1.54, 1.807) is 0 Å². The molecule has 0 radical (unpaired) electrons. The van der Waals surface area contributed by atoms with E-state index in [4.69, 9.17) is 4.74 Å². The molecule has 0 atom stereocenters. The summed E-state index contributed by atoms with van der Waals surface area (Å²) in [5, 5.41) is 3.46. The summed E-state index contributed by atoms with van der Waals surface area (Å²) in [5.74, 6) is 1.81. The minimum absolute atomic E-state index is 0. The third-order valence-electron chi connectivity index (χ3n) is 4.21. The quantitative estimate of drug-likeness (QED) is 0.201. The minimum atomic E-state index is 0. The molecule has 0 aromatic heterocycles. The fourth-order valence-electron chi connectivity index (χ4n) is 2.70. The van der Waals surface area contributed by atoms with Gasteiger partial charge in [-0.25, -0.2) is 0 Å². The van der Waals surface area contributed by atoms with E-state index in [0.29, 0.717) is 0 Å². The van der Waals surface area contributed by atoms with Gasteiger partial charge in [0.25, 0.3) is 0 Å². The number of guanidine groups is 1. The van der Waals surface area contributed by atoms with Gasteiger partial charge in [0.05, 0.1) is 6.61 Å². The van der Waals surface area contributed by atoms with Crippen LogP contribution in [0.15, 0.2) is 4.99 Å². The summed E-state index contributed by atoms with van der Waals surface area (Å²) >= 11 is 0. The van der Waals surface area contributed by atoms with Crippen molar-refractivity contribution in [2.45, 2.75) is 46.0 Å². The van der Waals surface area contributed by atoms with E-state index in [9.17, 15) is 0 Å². The van der Waals surface area contributed by atoms with Crippen molar-refractivity contribution < 1.29 is 4.74 Å². The largest absolute Gasteiger partial charge is 0.379 e. The number of ether oxygens (including phenoxy) is 1. The first-order valence-corrected chi connectivity index (χ1v) is 9.43. The highest BCUT2D eigenvalue weighted by Gasteiger charge is 2.21. The number of rotatable bonds is 13. The number of nitrogens with one attached hydrogen (secondary N) is 1. The van der Waals surface area contributed by atoms with E-state index in [-0.39, 0.29) is 24.0 Å². The van der Waals surface area contributed by atoms with Gasteiger partial charge in [0.2, 0.25) is 0 Å². The summed E-state index contributed by atoms with van der Waals surface area (Å²) in [5.41, 5.74) is 0. The first-order valence-electron chi connectivity index (χ1n) is 9.43. The highest BCUT2D eigenvalue weighted by molar-refractivity contribution is 14.0. The molecule has 1 rings (SSSR count). The van der Waals surface area contributed by atoms with Crippen molar-refractivity contribution in [3.05, 3.63) is 0 Å². The van der Waals surface area contributed by atoms with Crippen molar-refractivity contribution in [2.24, 2.45) is 10.9 Å². The summed E-state index contributed by atoms with van der Waals surface area (Å²) in [6.45, 7) is 11.7. The number of hydrogen-bond donors (Lipinski definition) is 1. The normalized spacial score (nSPS) is 14.6. The molecule has 0 heterocycles. The van der Waals surface area contributed by atoms with Crippen LogP contribution in [0.25, 0.3) is 0 Å². The molecule has 0 bridgehead atoms. The Hall–Kier alpha value is -0.0800. The molecule has 6 heteroatoms. The van der Waals surface area contributed by atoms with E-state index >= 15 is 0 Å². The standard InChI is InChI=1S/C18H38N4O.HI/c1-5-11-22(12-6-2)13-7-10-20-18(19-3)21(4)14-15-23-16-17-8-9-17;/h17H,5-16H2,1-4H3,(H,19,20);1H. The molecule has 1 aliphatic carbocycles. The molecular formula is C18H39IN4O. The average Bonchev–Trinajstić information content (AvgIpc) is 3.36. The second kappa shape index (κ2) is 15.2. The molecule has 0 aromatic rings. The van der Waals surface area contributed by atoms with Gasteiger partial charge in [-0.15, -0.1) is 24.0 Å². The Balaban J connectivity index is 0.00000529. The van der Waals surface area contributed by atoms with Crippen molar-refractivity contribution in [1.29, 1.82) is 0 Å². The fraction of sp³-hybridized carbons (Fsp3) is 0.944. The van der Waals surface area contributed by atoms with Crippen molar-refractivity contribution in [3.8, 4) is 0 Å². The van der Waals surface area contributed by atoms with E-state index in [1.807, 2.05) is 7.05 Å². The zero-order valence-corrected chi connectivity index (χ0v) is 18.6. The smallest absolute Gasteiger partial charge is 0.193 e. The van der Waals surface area contributed by atoms with Crippen molar-refractivity contribution in [3.63, 3.8) is 0 Å². The Labute approximate surface area is 166 Å². The van der Waals surface area contributed by atoms with Crippen LogP contribution in [0.5, 0.6) is 0 Å². The van der Waals surface area contributed by atoms with Gasteiger partial charge < -0.3 is 19.9 Å². The summed E-state index contributed by atoms with van der Waals surface area (Å²) in [6, 6.07) is 0. The van der Waals surface area contributed by atoms with E-state index in [2.05, 4.69) is 41.0 Å². The number of aliphatic imine (C=N–C) groups is 1. The van der Waals surface area contributed by atoms with E-state index < -0.39 is 0 Å². The number of nitrogens with zero attached hydrogens (tertiary/aromatic N) is 3. The van der Waals surface area contributed by atoms with Crippen LogP contribution < -0.4 is 5.32 Å². The molecular weight excluding hydrogens is 415 g/mol. The maximum Gasteiger partial charge on any atom is 0.193 e. The van der Waals surface area contributed by atoms with Crippen LogP contribution in [0.2, 0.25) is 0 Å². The zero-order chi connectivity index (χ0) is 16.9. The second-order valence-electron chi connectivity index (χ2n) is 6.61. The van der Waals surface area contributed by atoms with Crippen molar-refractivity contribution in [2.75, 3.05) is 60.0 Å². The third-order valence-corrected chi connectivity index (χ3v) is 4.21. The van der Waals surface area contributed by atoms with Gasteiger partial charge in [-0.3, -0.25) is 4.99 Å². The lowest BCUT2D eigenvalue weighted by molar-refractivity contribution is 0.115. The maximum atomic E-state index is 5.70. The molecule has 144 valence electrons. The molecule has 0 spiro atoms. The van der Waals surface area contributed by atoms with Gasteiger partial charge in [0.15, 0.2) is 5.96 Å². The summed E-state index contributed by atoms with van der Waals surface area (Å²) < 4.78 is 5.70. The number of halogens is 1. The molecule has 0 aromatic carbocycles. The Kier molecular flexibility index (Phi) is 15.1. The van der Waals surface area contributed by atoms with Gasteiger partial charge in [0.1, 0.15) is 0 Å². The van der Waals surface area contributed by atoms with Gasteiger partial charge >= 0.3 is 0 Å². The van der Waals surface area contributed by atoms with Crippen LogP contribution in [0, 0.1) is 5.92 Å². The van der Waals surface area contributed by atoms with Gasteiger partial charge in [-0.2, -0.15) is 0 Å². The fourth-order valence-corrected chi connectivity index (χ4v) is 2.70. The predicted octanol–water partition coefficient (Wildman–Crippen LogP) is 3.05. The van der Waals surface area contributed by atoms with Crippen LogP contribution in [0.1, 0.15) is 46.0 Å². The molecule has 1 saturated carbocycles. The van der Waals surface area contributed by atoms with Crippen molar-refractivity contribution in [1.82, 2.24) is 15.1 Å². The van der Waals surface area contributed by atoms with E-state index in [1.165, 1.54) is 45.3 Å². The zero-order valence-electron chi connectivity index (χ0n) is 16.2. The molecule has 0 aliphatic heterocycles. The highest BCUT2D eigenvalue weighted by atomic mass is 127. The average molecular weight is 454 g/mol. The summed E-state index contributed by atoms with van der Waals surface area (Å²) in [4.78, 5) is 9.08. The lowest BCUT2D eigenvalue weighted by atomic mass is 10.3. The Morgan fingerprint density at radius 2 is 1.79 bits per heavy atom. The predicted molar refractivity (Wildman–Crippen MR) is 115 cm³/mol. The topological polar surface area (TPSA) is 40.1 Å². The summed E-state index contributed by atoms with van der Waals surface area (Å²) in [7, 11) is 3.93. The Morgan fingerprint density at radius 3 is 2.33 bits per heavy atom. The molecule has 1 aliphatic rings. The molecule has 24 heavy (non-hydrogen) atoms. The first-order chi connectivity index (χ1) is 11.2. The molecule has 1 N–H and O–H groups in total. The van der Waals surface area contributed by atoms with Crippen LogP contribution in [-0.4, -0.2) is 75.8 Å². The second-order valence-corrected chi connectivity index (χ2v) is 6.61. The monoisotopic (exact) mass is 454 g/mol. The van der Waals surface area contributed by atoms with Crippen LogP contribution >= 0.6 is 24.0 Å². The SMILES string of the molecule is CCCN(CCC)CCCNC(=NC)N(C)CCOCC1CC1.I. The highest BCUT2D eigenvalue weighted by Crippen LogP contribution is 2.28. The Morgan fingerprint density at radius 1 is 1.12 bits per heavy atom. The van der Waals surface area contributed by atoms with Crippen LogP contribution in [-0.2, 0) is 4.74 Å². The number of hydrogen-bond acceptors (Lipinski definition) is 3. The molecule has 1 fully saturated rings. The third kappa shape index (κ3) is 11.5. The molecule has 0 amide bonds. The van der Waals surface area contributed by atoms with Crippen LogP contribution in [0.4, 0.5) is 0 Å². The number of likely N-dealkylation sites (N-methyl/N-ethyl adjacent to an activating group) is 1. The lowest BCUT2D eigenvalue weighted by Crippen LogP contribution is -2.41.